The van der Waals surface area contributed by atoms with Crippen LogP contribution in [0.15, 0.2) is 34.7 Å². The summed E-state index contributed by atoms with van der Waals surface area (Å²) in [5.41, 5.74) is 7.08. The maximum absolute atomic E-state index is 5.70. The van der Waals surface area contributed by atoms with Crippen molar-refractivity contribution in [3.05, 3.63) is 30.3 Å². The average Bonchev–Trinajstić information content (AvgIpc) is 2.93. The summed E-state index contributed by atoms with van der Waals surface area (Å²) in [6.45, 7) is 0. The summed E-state index contributed by atoms with van der Waals surface area (Å²) in [6.07, 6.45) is 0. The fourth-order valence-electron chi connectivity index (χ4n) is 1.81. The molecular weight excluding hydrogens is 218 g/mol. The summed E-state index contributed by atoms with van der Waals surface area (Å²) < 4.78 is 11.0. The van der Waals surface area contributed by atoms with Crippen molar-refractivity contribution < 1.29 is 9.15 Å². The highest BCUT2D eigenvalue weighted by Crippen LogP contribution is 2.32. The lowest BCUT2D eigenvalue weighted by molar-refractivity contribution is 0.419. The van der Waals surface area contributed by atoms with E-state index in [1.165, 1.54) is 0 Å². The Hall–Kier alpha value is -2.43. The molecule has 3 rings (SSSR count). The van der Waals surface area contributed by atoms with Gasteiger partial charge in [-0.2, -0.15) is 5.10 Å². The van der Waals surface area contributed by atoms with Crippen LogP contribution in [-0.2, 0) is 0 Å². The van der Waals surface area contributed by atoms with Crippen molar-refractivity contribution in [3.8, 4) is 17.2 Å². The molecule has 0 unspecified atom stereocenters. The molecule has 0 atom stereocenters. The van der Waals surface area contributed by atoms with E-state index in [0.717, 1.165) is 22.4 Å². The minimum Gasteiger partial charge on any atom is -0.496 e. The molecule has 0 aliphatic rings. The number of ether oxygens (including phenoxy) is 1. The molecule has 0 aliphatic heterocycles. The summed E-state index contributed by atoms with van der Waals surface area (Å²) in [4.78, 5) is 0. The highest BCUT2D eigenvalue weighted by molar-refractivity contribution is 5.88. The standard InChI is InChI=1S/C12H11N3O2/c1-16-9-3-2-4-10-7(9)5-11(17-10)8-6-12(13)15-14-8/h2-6H,1H3,(H3,13,14,15). The number of nitrogens with two attached hydrogens (primary N) is 1. The first kappa shape index (κ1) is 9.77. The van der Waals surface area contributed by atoms with Gasteiger partial charge in [0.1, 0.15) is 22.8 Å². The second kappa shape index (κ2) is 3.55. The lowest BCUT2D eigenvalue weighted by Gasteiger charge is -1.98. The Morgan fingerprint density at radius 3 is 2.94 bits per heavy atom. The van der Waals surface area contributed by atoms with E-state index in [4.69, 9.17) is 14.9 Å². The van der Waals surface area contributed by atoms with Crippen LogP contribution >= 0.6 is 0 Å². The molecule has 1 aromatic carbocycles. The molecule has 2 aromatic heterocycles. The Balaban J connectivity index is 2.19. The van der Waals surface area contributed by atoms with Gasteiger partial charge in [0.15, 0.2) is 5.76 Å². The number of nitrogens with one attached hydrogen (secondary N) is 1. The lowest BCUT2D eigenvalue weighted by Crippen LogP contribution is -1.81. The zero-order valence-electron chi connectivity index (χ0n) is 9.23. The van der Waals surface area contributed by atoms with Crippen molar-refractivity contribution in [2.75, 3.05) is 12.8 Å². The Labute approximate surface area is 97.2 Å². The van der Waals surface area contributed by atoms with Crippen molar-refractivity contribution in [2.45, 2.75) is 0 Å². The van der Waals surface area contributed by atoms with E-state index in [0.29, 0.717) is 11.6 Å². The Bertz CT molecular complexity index is 669. The predicted octanol–water partition coefficient (Wildman–Crippen LogP) is 2.41. The lowest BCUT2D eigenvalue weighted by atomic mass is 10.2. The van der Waals surface area contributed by atoms with Crippen molar-refractivity contribution in [3.63, 3.8) is 0 Å². The van der Waals surface area contributed by atoms with Gasteiger partial charge in [-0.1, -0.05) is 6.07 Å². The molecule has 3 N–H and O–H groups in total. The van der Waals surface area contributed by atoms with Gasteiger partial charge in [-0.25, -0.2) is 0 Å². The second-order valence-electron chi connectivity index (χ2n) is 3.69. The molecular formula is C12H11N3O2. The summed E-state index contributed by atoms with van der Waals surface area (Å²) in [5, 5.41) is 7.61. The molecule has 0 amide bonds. The monoisotopic (exact) mass is 229 g/mol. The quantitative estimate of drug-likeness (QED) is 0.707. The molecule has 2 heterocycles. The van der Waals surface area contributed by atoms with Crippen LogP contribution in [-0.4, -0.2) is 17.3 Å². The Morgan fingerprint density at radius 1 is 1.35 bits per heavy atom. The molecule has 0 fully saturated rings. The van der Waals surface area contributed by atoms with Gasteiger partial charge in [0.25, 0.3) is 0 Å². The average molecular weight is 229 g/mol. The molecule has 0 aliphatic carbocycles. The molecule has 0 saturated carbocycles. The maximum atomic E-state index is 5.70. The maximum Gasteiger partial charge on any atom is 0.153 e. The van der Waals surface area contributed by atoms with E-state index in [-0.39, 0.29) is 0 Å². The number of nitrogen functional groups attached to an aromatic ring is 1. The number of rotatable bonds is 2. The van der Waals surface area contributed by atoms with Gasteiger partial charge < -0.3 is 14.9 Å². The summed E-state index contributed by atoms with van der Waals surface area (Å²) in [5.74, 6) is 1.91. The smallest absolute Gasteiger partial charge is 0.153 e. The zero-order chi connectivity index (χ0) is 11.8. The van der Waals surface area contributed by atoms with Crippen LogP contribution in [0.1, 0.15) is 0 Å². The van der Waals surface area contributed by atoms with Gasteiger partial charge in [0.05, 0.1) is 12.5 Å². The fourth-order valence-corrected chi connectivity index (χ4v) is 1.81. The van der Waals surface area contributed by atoms with Gasteiger partial charge in [-0.3, -0.25) is 5.10 Å². The first-order valence-corrected chi connectivity index (χ1v) is 5.16. The van der Waals surface area contributed by atoms with Crippen LogP contribution in [0.2, 0.25) is 0 Å². The van der Waals surface area contributed by atoms with E-state index >= 15 is 0 Å². The third-order valence-electron chi connectivity index (χ3n) is 2.60. The van der Waals surface area contributed by atoms with Crippen LogP contribution in [0.25, 0.3) is 22.4 Å². The first-order chi connectivity index (χ1) is 8.28. The highest BCUT2D eigenvalue weighted by Gasteiger charge is 2.11. The normalized spacial score (nSPS) is 10.9. The van der Waals surface area contributed by atoms with Gasteiger partial charge in [-0.15, -0.1) is 0 Å². The number of methoxy groups -OCH3 is 1. The molecule has 0 saturated heterocycles. The third-order valence-corrected chi connectivity index (χ3v) is 2.60. The van der Waals surface area contributed by atoms with Crippen LogP contribution < -0.4 is 10.5 Å². The number of anilines is 1. The van der Waals surface area contributed by atoms with E-state index in [1.54, 1.807) is 13.2 Å². The van der Waals surface area contributed by atoms with Crippen molar-refractivity contribution in [2.24, 2.45) is 0 Å². The van der Waals surface area contributed by atoms with Crippen molar-refractivity contribution in [1.82, 2.24) is 10.2 Å². The zero-order valence-corrected chi connectivity index (χ0v) is 9.23. The predicted molar refractivity (Wildman–Crippen MR) is 64.8 cm³/mol. The molecule has 0 bridgehead atoms. The summed E-state index contributed by atoms with van der Waals surface area (Å²) in [7, 11) is 1.63. The van der Waals surface area contributed by atoms with Crippen molar-refractivity contribution in [1.29, 1.82) is 0 Å². The van der Waals surface area contributed by atoms with Crippen LogP contribution in [0.5, 0.6) is 5.75 Å². The van der Waals surface area contributed by atoms with E-state index < -0.39 is 0 Å². The largest absolute Gasteiger partial charge is 0.496 e. The summed E-state index contributed by atoms with van der Waals surface area (Å²) in [6, 6.07) is 9.30. The highest BCUT2D eigenvalue weighted by atomic mass is 16.5. The third kappa shape index (κ3) is 1.52. The first-order valence-electron chi connectivity index (χ1n) is 5.16. The Kier molecular flexibility index (Phi) is 2.04. The minimum atomic E-state index is 0.437. The number of aromatic amines is 1. The number of benzene rings is 1. The topological polar surface area (TPSA) is 77.1 Å². The molecule has 3 aromatic rings. The number of nitrogens with zero attached hydrogens (tertiary/aromatic N) is 1. The van der Waals surface area contributed by atoms with Crippen LogP contribution in [0.3, 0.4) is 0 Å². The van der Waals surface area contributed by atoms with Crippen molar-refractivity contribution >= 4 is 16.8 Å². The Morgan fingerprint density at radius 2 is 2.24 bits per heavy atom. The SMILES string of the molecule is COc1cccc2oc(-c3cc(N)n[nH]3)cc12. The fraction of sp³-hybridized carbons (Fsp3) is 0.0833. The number of H-pyrrole nitrogens is 1. The molecule has 0 radical (unpaired) electrons. The van der Waals surface area contributed by atoms with E-state index in [9.17, 15) is 0 Å². The number of fused-ring (bicyclic) bond motifs is 1. The number of hydrogen-bond donors (Lipinski definition) is 2. The number of aromatic nitrogens is 2. The van der Waals surface area contributed by atoms with Gasteiger partial charge in [0, 0.05) is 6.07 Å². The van der Waals surface area contributed by atoms with E-state index in [2.05, 4.69) is 10.2 Å². The molecule has 0 spiro atoms. The van der Waals surface area contributed by atoms with Gasteiger partial charge in [0.2, 0.25) is 0 Å². The van der Waals surface area contributed by atoms with E-state index in [1.807, 2.05) is 24.3 Å². The number of furan rings is 1. The van der Waals surface area contributed by atoms with Gasteiger partial charge >= 0.3 is 0 Å². The molecule has 5 heteroatoms. The van der Waals surface area contributed by atoms with Crippen LogP contribution in [0.4, 0.5) is 5.82 Å². The van der Waals surface area contributed by atoms with Gasteiger partial charge in [-0.05, 0) is 18.2 Å². The summed E-state index contributed by atoms with van der Waals surface area (Å²) >= 11 is 0. The molecule has 5 nitrogen and oxygen atoms in total. The van der Waals surface area contributed by atoms with Crippen LogP contribution in [0, 0.1) is 0 Å². The second-order valence-corrected chi connectivity index (χ2v) is 3.69. The number of hydrogen-bond acceptors (Lipinski definition) is 4. The molecule has 17 heavy (non-hydrogen) atoms. The minimum absolute atomic E-state index is 0.437. The molecule has 86 valence electrons.